The van der Waals surface area contributed by atoms with Crippen LogP contribution in [0.2, 0.25) is 5.02 Å². The summed E-state index contributed by atoms with van der Waals surface area (Å²) in [6, 6.07) is 25.4. The van der Waals surface area contributed by atoms with Gasteiger partial charge < -0.3 is 15.2 Å². The molecule has 5 heteroatoms. The summed E-state index contributed by atoms with van der Waals surface area (Å²) in [5, 5.41) is 0.778. The molecule has 33 heavy (non-hydrogen) atoms. The minimum atomic E-state index is 0.329. The quantitative estimate of drug-likeness (QED) is 0.409. The summed E-state index contributed by atoms with van der Waals surface area (Å²) >= 11 is 6.26. The summed E-state index contributed by atoms with van der Waals surface area (Å²) in [5.41, 5.74) is 9.75. The number of ether oxygens (including phenoxy) is 2. The van der Waals surface area contributed by atoms with Crippen LogP contribution in [0.5, 0.6) is 11.5 Å². The van der Waals surface area contributed by atoms with Gasteiger partial charge in [0.2, 0.25) is 0 Å². The zero-order valence-corrected chi connectivity index (χ0v) is 20.0. The van der Waals surface area contributed by atoms with Crippen molar-refractivity contribution in [1.29, 1.82) is 0 Å². The van der Waals surface area contributed by atoms with Crippen LogP contribution in [-0.2, 0) is 19.7 Å². The molecule has 1 fully saturated rings. The van der Waals surface area contributed by atoms with Crippen LogP contribution in [0.4, 0.5) is 0 Å². The fraction of sp³-hybridized carbons (Fsp3) is 0.357. The van der Waals surface area contributed by atoms with Crippen molar-refractivity contribution in [3.63, 3.8) is 0 Å². The molecular formula is C28H33ClN2O2. The van der Waals surface area contributed by atoms with Crippen LogP contribution in [0.1, 0.15) is 42.4 Å². The largest absolute Gasteiger partial charge is 0.493 e. The number of rotatable bonds is 9. The molecule has 1 aliphatic rings. The van der Waals surface area contributed by atoms with Crippen LogP contribution in [0.25, 0.3) is 0 Å². The van der Waals surface area contributed by atoms with Gasteiger partial charge in [0.1, 0.15) is 6.61 Å². The molecule has 3 aromatic carbocycles. The van der Waals surface area contributed by atoms with Crippen molar-refractivity contribution in [3.05, 3.63) is 94.5 Å². The summed E-state index contributed by atoms with van der Waals surface area (Å²) in [6.07, 6.45) is 4.40. The van der Waals surface area contributed by atoms with Gasteiger partial charge in [0.15, 0.2) is 11.5 Å². The van der Waals surface area contributed by atoms with E-state index >= 15 is 0 Å². The van der Waals surface area contributed by atoms with E-state index in [-0.39, 0.29) is 0 Å². The van der Waals surface area contributed by atoms with E-state index in [1.165, 1.54) is 11.1 Å². The molecule has 2 N–H and O–H groups in total. The maximum Gasteiger partial charge on any atom is 0.161 e. The number of nitrogens with two attached hydrogens (primary N) is 1. The van der Waals surface area contributed by atoms with Gasteiger partial charge in [0, 0.05) is 30.2 Å². The molecule has 4 rings (SSSR count). The fourth-order valence-corrected chi connectivity index (χ4v) is 4.76. The molecule has 3 aromatic rings. The standard InChI is InChI=1S/C28H33ClN2O2/c1-32-28-17-23(10-15-27(28)33-20-21-6-3-2-4-7-21)19-31(26-13-11-25(30)12-14-26)18-22-8-5-9-24(29)16-22/h2-10,15-17,25-26H,11-14,18-20,30H2,1H3. The Balaban J connectivity index is 1.49. The molecule has 1 aliphatic carbocycles. The first kappa shape index (κ1) is 23.6. The number of hydrogen-bond donors (Lipinski definition) is 1. The molecule has 0 aliphatic heterocycles. The lowest BCUT2D eigenvalue weighted by atomic mass is 9.90. The van der Waals surface area contributed by atoms with Crippen molar-refractivity contribution < 1.29 is 9.47 Å². The van der Waals surface area contributed by atoms with Gasteiger partial charge in [-0.15, -0.1) is 0 Å². The average Bonchev–Trinajstić information content (AvgIpc) is 2.84. The monoisotopic (exact) mass is 464 g/mol. The molecule has 1 saturated carbocycles. The van der Waals surface area contributed by atoms with E-state index in [1.807, 2.05) is 36.4 Å². The van der Waals surface area contributed by atoms with Crippen molar-refractivity contribution in [3.8, 4) is 11.5 Å². The first-order chi connectivity index (χ1) is 16.1. The Hall–Kier alpha value is -2.53. The Morgan fingerprint density at radius 2 is 1.52 bits per heavy atom. The van der Waals surface area contributed by atoms with Gasteiger partial charge in [-0.05, 0) is 66.6 Å². The molecule has 0 spiro atoms. The second-order valence-corrected chi connectivity index (χ2v) is 9.30. The highest BCUT2D eigenvalue weighted by atomic mass is 35.5. The Morgan fingerprint density at radius 3 is 2.21 bits per heavy atom. The molecule has 0 aromatic heterocycles. The summed E-state index contributed by atoms with van der Waals surface area (Å²) < 4.78 is 11.7. The SMILES string of the molecule is COc1cc(CN(Cc2cccc(Cl)c2)C2CCC(N)CC2)ccc1OCc1ccccc1. The van der Waals surface area contributed by atoms with Crippen LogP contribution in [0.3, 0.4) is 0 Å². The molecule has 0 heterocycles. The van der Waals surface area contributed by atoms with E-state index in [2.05, 4.69) is 41.3 Å². The third-order valence-electron chi connectivity index (χ3n) is 6.38. The van der Waals surface area contributed by atoms with Crippen molar-refractivity contribution in [2.24, 2.45) is 5.73 Å². The minimum Gasteiger partial charge on any atom is -0.493 e. The Bertz CT molecular complexity index is 1020. The predicted octanol–water partition coefficient (Wildman–Crippen LogP) is 6.20. The van der Waals surface area contributed by atoms with Crippen LogP contribution in [0.15, 0.2) is 72.8 Å². The topological polar surface area (TPSA) is 47.7 Å². The molecule has 0 bridgehead atoms. The zero-order chi connectivity index (χ0) is 23.0. The van der Waals surface area contributed by atoms with Gasteiger partial charge in [-0.2, -0.15) is 0 Å². The van der Waals surface area contributed by atoms with E-state index < -0.39 is 0 Å². The molecule has 0 saturated heterocycles. The first-order valence-electron chi connectivity index (χ1n) is 11.7. The Kier molecular flexibility index (Phi) is 8.27. The minimum absolute atomic E-state index is 0.329. The maximum atomic E-state index is 6.26. The third kappa shape index (κ3) is 6.73. The third-order valence-corrected chi connectivity index (χ3v) is 6.62. The van der Waals surface area contributed by atoms with E-state index in [0.717, 1.165) is 60.9 Å². The lowest BCUT2D eigenvalue weighted by molar-refractivity contribution is 0.134. The normalized spacial score (nSPS) is 18.3. The molecule has 0 amide bonds. The lowest BCUT2D eigenvalue weighted by Gasteiger charge is -2.36. The van der Waals surface area contributed by atoms with Crippen molar-refractivity contribution in [1.82, 2.24) is 4.90 Å². The maximum absolute atomic E-state index is 6.26. The zero-order valence-electron chi connectivity index (χ0n) is 19.3. The number of halogens is 1. The average molecular weight is 465 g/mol. The van der Waals surface area contributed by atoms with Crippen LogP contribution < -0.4 is 15.2 Å². The second-order valence-electron chi connectivity index (χ2n) is 8.86. The van der Waals surface area contributed by atoms with Crippen LogP contribution in [-0.4, -0.2) is 24.1 Å². The van der Waals surface area contributed by atoms with Gasteiger partial charge in [0.25, 0.3) is 0 Å². The van der Waals surface area contributed by atoms with Crippen molar-refractivity contribution >= 4 is 11.6 Å². The van der Waals surface area contributed by atoms with Crippen molar-refractivity contribution in [2.45, 2.75) is 57.5 Å². The molecule has 0 atom stereocenters. The van der Waals surface area contributed by atoms with E-state index in [9.17, 15) is 0 Å². The van der Waals surface area contributed by atoms with Gasteiger partial charge in [0.05, 0.1) is 7.11 Å². The highest BCUT2D eigenvalue weighted by Crippen LogP contribution is 2.31. The van der Waals surface area contributed by atoms with E-state index in [0.29, 0.717) is 18.7 Å². The fourth-order valence-electron chi connectivity index (χ4n) is 4.55. The molecular weight excluding hydrogens is 432 g/mol. The summed E-state index contributed by atoms with van der Waals surface area (Å²) in [5.74, 6) is 1.52. The van der Waals surface area contributed by atoms with Crippen LogP contribution >= 0.6 is 11.6 Å². The van der Waals surface area contributed by atoms with Gasteiger partial charge >= 0.3 is 0 Å². The smallest absolute Gasteiger partial charge is 0.161 e. The van der Waals surface area contributed by atoms with E-state index in [1.54, 1.807) is 7.11 Å². The Morgan fingerprint density at radius 1 is 0.818 bits per heavy atom. The predicted molar refractivity (Wildman–Crippen MR) is 135 cm³/mol. The van der Waals surface area contributed by atoms with Crippen molar-refractivity contribution in [2.75, 3.05) is 7.11 Å². The Labute approximate surface area is 202 Å². The van der Waals surface area contributed by atoms with Gasteiger partial charge in [-0.3, -0.25) is 4.90 Å². The molecule has 0 unspecified atom stereocenters. The number of benzene rings is 3. The number of hydrogen-bond acceptors (Lipinski definition) is 4. The van der Waals surface area contributed by atoms with Crippen LogP contribution in [0, 0.1) is 0 Å². The highest BCUT2D eigenvalue weighted by Gasteiger charge is 2.25. The summed E-state index contributed by atoms with van der Waals surface area (Å²) in [7, 11) is 1.70. The van der Waals surface area contributed by atoms with Gasteiger partial charge in [-0.1, -0.05) is 60.1 Å². The summed E-state index contributed by atoms with van der Waals surface area (Å²) in [6.45, 7) is 2.20. The molecule has 174 valence electrons. The van der Waals surface area contributed by atoms with E-state index in [4.69, 9.17) is 26.8 Å². The van der Waals surface area contributed by atoms with Gasteiger partial charge in [-0.25, -0.2) is 0 Å². The second kappa shape index (κ2) is 11.6. The molecule has 0 radical (unpaired) electrons. The first-order valence-corrected chi connectivity index (χ1v) is 12.1. The number of nitrogens with zero attached hydrogens (tertiary/aromatic N) is 1. The molecule has 4 nitrogen and oxygen atoms in total. The highest BCUT2D eigenvalue weighted by molar-refractivity contribution is 6.30. The lowest BCUT2D eigenvalue weighted by Crippen LogP contribution is -2.40. The summed E-state index contributed by atoms with van der Waals surface area (Å²) in [4.78, 5) is 2.55. The number of methoxy groups -OCH3 is 1.